The van der Waals surface area contributed by atoms with Crippen LogP contribution < -0.4 is 5.73 Å². The molecule has 0 heterocycles. The molecule has 0 spiro atoms. The summed E-state index contributed by atoms with van der Waals surface area (Å²) in [6.07, 6.45) is 5.49. The van der Waals surface area contributed by atoms with E-state index >= 15 is 0 Å². The molecule has 0 aliphatic rings. The van der Waals surface area contributed by atoms with Gasteiger partial charge in [-0.05, 0) is 55.0 Å². The quantitative estimate of drug-likeness (QED) is 0.216. The van der Waals surface area contributed by atoms with Crippen molar-refractivity contribution in [3.05, 3.63) is 95.7 Å². The first-order valence-electron chi connectivity index (χ1n) is 15.5. The average molecular weight is 564 g/mol. The molecule has 0 bridgehead atoms. The molecule has 0 amide bonds. The van der Waals surface area contributed by atoms with E-state index in [2.05, 4.69) is 85.6 Å². The number of rotatable bonds is 6. The molecule has 41 heavy (non-hydrogen) atoms. The summed E-state index contributed by atoms with van der Waals surface area (Å²) in [6, 6.07) is 15.7. The van der Waals surface area contributed by atoms with Gasteiger partial charge < -0.3 is 5.73 Å². The normalized spacial score (nSPS) is 9.17. The number of hydrogen-bond donors (Lipinski definition) is 1. The van der Waals surface area contributed by atoms with Gasteiger partial charge in [-0.3, -0.25) is 4.79 Å². The molecule has 2 N–H and O–H groups in total. The molecule has 0 aliphatic heterocycles. The second-order valence-electron chi connectivity index (χ2n) is 10.5. The molecule has 2 aromatic carbocycles. The van der Waals surface area contributed by atoms with Crippen LogP contribution in [0.5, 0.6) is 0 Å². The number of ketones is 1. The summed E-state index contributed by atoms with van der Waals surface area (Å²) in [6.45, 7) is 36.1. The molecule has 0 aromatic heterocycles. The summed E-state index contributed by atoms with van der Waals surface area (Å²) in [4.78, 5) is 11.2. The maximum Gasteiger partial charge on any atom is 0.159 e. The van der Waals surface area contributed by atoms with Crippen LogP contribution in [-0.4, -0.2) is 5.78 Å². The zero-order valence-electron chi connectivity index (χ0n) is 29.4. The molecule has 0 saturated heterocycles. The summed E-state index contributed by atoms with van der Waals surface area (Å²) in [5.41, 5.74) is 9.93. The molecule has 2 heteroatoms. The minimum Gasteiger partial charge on any atom is -0.402 e. The smallest absolute Gasteiger partial charge is 0.159 e. The fraction of sp³-hybridized carbons (Fsp3) is 0.513. The predicted octanol–water partition coefficient (Wildman–Crippen LogP) is 11.7. The van der Waals surface area contributed by atoms with Gasteiger partial charge in [-0.15, -0.1) is 6.58 Å². The first kappa shape index (κ1) is 45.0. The lowest BCUT2D eigenvalue weighted by Gasteiger charge is -2.18. The van der Waals surface area contributed by atoms with E-state index < -0.39 is 0 Å². The van der Waals surface area contributed by atoms with Gasteiger partial charge in [-0.2, -0.15) is 0 Å². The fourth-order valence-corrected chi connectivity index (χ4v) is 2.18. The van der Waals surface area contributed by atoms with Crippen molar-refractivity contribution in [2.45, 2.75) is 116 Å². The molecular weight excluding hydrogens is 498 g/mol. The Morgan fingerprint density at radius 1 is 0.829 bits per heavy atom. The van der Waals surface area contributed by atoms with Crippen LogP contribution in [0.3, 0.4) is 0 Å². The first-order valence-corrected chi connectivity index (χ1v) is 15.5. The van der Waals surface area contributed by atoms with Gasteiger partial charge in [-0.1, -0.05) is 152 Å². The molecule has 0 fully saturated rings. The number of nitrogens with two attached hydrogens (primary N) is 1. The SMILES string of the molecule is C=CC(C)(C)C(=C)N.CC.CC.CC(C)C.CCC(C)CC.CCc1ccc(C#Cc2ccc(C(C)=O)cc2)cc1. The fourth-order valence-electron chi connectivity index (χ4n) is 2.18. The van der Waals surface area contributed by atoms with Crippen molar-refractivity contribution >= 4 is 5.78 Å². The van der Waals surface area contributed by atoms with Crippen molar-refractivity contribution in [2.24, 2.45) is 23.0 Å². The van der Waals surface area contributed by atoms with Gasteiger partial charge in [0.15, 0.2) is 5.78 Å². The lowest BCUT2D eigenvalue weighted by molar-refractivity contribution is 0.101. The molecule has 232 valence electrons. The van der Waals surface area contributed by atoms with E-state index in [-0.39, 0.29) is 11.2 Å². The number of allylic oxidation sites excluding steroid dienone is 1. The van der Waals surface area contributed by atoms with Gasteiger partial charge in [0.2, 0.25) is 0 Å². The lowest BCUT2D eigenvalue weighted by atomic mass is 9.91. The maximum absolute atomic E-state index is 11.2. The number of aryl methyl sites for hydroxylation is 1. The minimum atomic E-state index is -0.111. The minimum absolute atomic E-state index is 0.0784. The number of hydrogen-bond acceptors (Lipinski definition) is 2. The van der Waals surface area contributed by atoms with Crippen LogP contribution in [-0.2, 0) is 6.42 Å². The lowest BCUT2D eigenvalue weighted by Crippen LogP contribution is -2.16. The highest BCUT2D eigenvalue weighted by molar-refractivity contribution is 5.94. The third kappa shape index (κ3) is 26.9. The van der Waals surface area contributed by atoms with Gasteiger partial charge in [-0.25, -0.2) is 0 Å². The van der Waals surface area contributed by atoms with Gasteiger partial charge in [0.1, 0.15) is 0 Å². The van der Waals surface area contributed by atoms with Gasteiger partial charge in [0, 0.05) is 27.8 Å². The maximum atomic E-state index is 11.2. The van der Waals surface area contributed by atoms with E-state index in [0.717, 1.165) is 34.9 Å². The van der Waals surface area contributed by atoms with Crippen LogP contribution in [0.1, 0.15) is 137 Å². The highest BCUT2D eigenvalue weighted by atomic mass is 16.1. The summed E-state index contributed by atoms with van der Waals surface area (Å²) < 4.78 is 0. The van der Waals surface area contributed by atoms with E-state index in [4.69, 9.17) is 5.73 Å². The third-order valence-corrected chi connectivity index (χ3v) is 5.74. The summed E-state index contributed by atoms with van der Waals surface area (Å²) >= 11 is 0. The van der Waals surface area contributed by atoms with Gasteiger partial charge >= 0.3 is 0 Å². The van der Waals surface area contributed by atoms with Crippen molar-refractivity contribution < 1.29 is 4.79 Å². The van der Waals surface area contributed by atoms with Crippen molar-refractivity contribution in [1.82, 2.24) is 0 Å². The Bertz CT molecular complexity index is 960. The van der Waals surface area contributed by atoms with E-state index in [1.54, 1.807) is 13.0 Å². The molecule has 2 rings (SSSR count). The average Bonchev–Trinajstić information content (AvgIpc) is 2.98. The second-order valence-corrected chi connectivity index (χ2v) is 10.5. The van der Waals surface area contributed by atoms with Crippen LogP contribution in [0.2, 0.25) is 0 Å². The standard InChI is InChI=1S/C18H16O.C7H13N.C6H14.C4H10.2C2H6/c1-3-15-4-6-16(7-5-15)8-9-17-10-12-18(13-11-17)14(2)19;1-5-7(3,4)6(2)8;1-4-6(3)5-2;1-4(2)3;2*1-2/h4-7,10-13H,3H2,1-2H3;5H,1-2,8H2,3-4H3;6H,4-5H2,1-3H3;4H,1-3H3;2*1-2H3. The Kier molecular flexibility index (Phi) is 31.2. The zero-order valence-corrected chi connectivity index (χ0v) is 29.4. The molecule has 0 saturated carbocycles. The Hall–Kier alpha value is -3.05. The Labute approximate surface area is 256 Å². The molecule has 0 atom stereocenters. The first-order chi connectivity index (χ1) is 19.2. The summed E-state index contributed by atoms with van der Waals surface area (Å²) in [5, 5.41) is 0. The van der Waals surface area contributed by atoms with Crippen molar-refractivity contribution in [2.75, 3.05) is 0 Å². The molecule has 0 unspecified atom stereocenters. The van der Waals surface area contributed by atoms with Crippen molar-refractivity contribution in [3.63, 3.8) is 0 Å². The Morgan fingerprint density at radius 2 is 1.17 bits per heavy atom. The van der Waals surface area contributed by atoms with Crippen LogP contribution in [0.25, 0.3) is 0 Å². The number of carbonyl (C=O) groups excluding carboxylic acids is 1. The van der Waals surface area contributed by atoms with E-state index in [1.165, 1.54) is 18.4 Å². The molecule has 2 nitrogen and oxygen atoms in total. The summed E-state index contributed by atoms with van der Waals surface area (Å²) in [7, 11) is 0. The predicted molar refractivity (Wildman–Crippen MR) is 189 cm³/mol. The van der Waals surface area contributed by atoms with Gasteiger partial charge in [0.05, 0.1) is 0 Å². The number of benzene rings is 2. The van der Waals surface area contributed by atoms with Crippen molar-refractivity contribution in [1.29, 1.82) is 0 Å². The second kappa shape index (κ2) is 28.5. The van der Waals surface area contributed by atoms with Crippen LogP contribution >= 0.6 is 0 Å². The topological polar surface area (TPSA) is 43.1 Å². The highest BCUT2D eigenvalue weighted by Gasteiger charge is 2.12. The largest absolute Gasteiger partial charge is 0.402 e. The Morgan fingerprint density at radius 3 is 1.37 bits per heavy atom. The number of Topliss-reactive ketones (excluding diaryl/α,β-unsaturated/α-hetero) is 1. The monoisotopic (exact) mass is 564 g/mol. The molecule has 0 aliphatic carbocycles. The van der Waals surface area contributed by atoms with E-state index in [0.29, 0.717) is 5.70 Å². The third-order valence-electron chi connectivity index (χ3n) is 5.74. The van der Waals surface area contributed by atoms with E-state index in [1.807, 2.05) is 77.9 Å². The van der Waals surface area contributed by atoms with E-state index in [9.17, 15) is 4.79 Å². The molecule has 0 radical (unpaired) electrons. The zero-order chi connectivity index (χ0) is 33.0. The van der Waals surface area contributed by atoms with Crippen molar-refractivity contribution in [3.8, 4) is 11.8 Å². The number of carbonyl (C=O) groups is 1. The van der Waals surface area contributed by atoms with Crippen LogP contribution in [0.4, 0.5) is 0 Å². The van der Waals surface area contributed by atoms with Crippen LogP contribution in [0, 0.1) is 29.1 Å². The van der Waals surface area contributed by atoms with Crippen LogP contribution in [0.15, 0.2) is 73.5 Å². The highest BCUT2D eigenvalue weighted by Crippen LogP contribution is 2.20. The summed E-state index contributed by atoms with van der Waals surface area (Å²) in [5.74, 6) is 8.08. The molecular formula is C39H65NO. The molecule has 2 aromatic rings. The Balaban J connectivity index is -0.000000258. The van der Waals surface area contributed by atoms with Gasteiger partial charge in [0.25, 0.3) is 0 Å².